The summed E-state index contributed by atoms with van der Waals surface area (Å²) in [6, 6.07) is 8.92. The number of thiophene rings is 1. The highest BCUT2D eigenvalue weighted by atomic mass is 32.1. The molecule has 1 heterocycles. The standard InChI is InChI=1S/C14H15F3N2S/c15-14(16,17)12-6-2-1-5-11(12)13(19-18)8-7-10-4-3-9-20-10/h1-6,9,13,19H,7-8,18H2. The molecule has 1 aromatic carbocycles. The van der Waals surface area contributed by atoms with Crippen molar-refractivity contribution in [1.29, 1.82) is 0 Å². The minimum absolute atomic E-state index is 0.194. The molecule has 1 atom stereocenters. The monoisotopic (exact) mass is 300 g/mol. The molecule has 2 aromatic rings. The number of nitrogens with one attached hydrogen (secondary N) is 1. The second-order valence-corrected chi connectivity index (χ2v) is 5.45. The van der Waals surface area contributed by atoms with E-state index in [0.29, 0.717) is 12.8 Å². The van der Waals surface area contributed by atoms with Crippen molar-refractivity contribution in [3.8, 4) is 0 Å². The van der Waals surface area contributed by atoms with Crippen molar-refractivity contribution in [2.24, 2.45) is 5.84 Å². The number of hydrogen-bond donors (Lipinski definition) is 2. The van der Waals surface area contributed by atoms with Crippen molar-refractivity contribution in [3.63, 3.8) is 0 Å². The number of alkyl halides is 3. The van der Waals surface area contributed by atoms with Crippen LogP contribution in [0.5, 0.6) is 0 Å². The van der Waals surface area contributed by atoms with Gasteiger partial charge in [0.25, 0.3) is 0 Å². The third-order valence-electron chi connectivity index (χ3n) is 3.10. The first kappa shape index (κ1) is 15.0. The van der Waals surface area contributed by atoms with Crippen molar-refractivity contribution in [2.45, 2.75) is 25.1 Å². The second-order valence-electron chi connectivity index (χ2n) is 4.42. The summed E-state index contributed by atoms with van der Waals surface area (Å²) in [7, 11) is 0. The lowest BCUT2D eigenvalue weighted by atomic mass is 9.96. The van der Waals surface area contributed by atoms with Crippen LogP contribution >= 0.6 is 11.3 Å². The normalized spacial score (nSPS) is 13.4. The topological polar surface area (TPSA) is 38.0 Å². The molecule has 2 rings (SSSR count). The molecule has 0 saturated carbocycles. The van der Waals surface area contributed by atoms with Gasteiger partial charge in [0.15, 0.2) is 0 Å². The molecule has 108 valence electrons. The van der Waals surface area contributed by atoms with Crippen LogP contribution in [0, 0.1) is 0 Å². The summed E-state index contributed by atoms with van der Waals surface area (Å²) in [5.74, 6) is 5.44. The smallest absolute Gasteiger partial charge is 0.271 e. The van der Waals surface area contributed by atoms with E-state index in [1.807, 2.05) is 17.5 Å². The zero-order valence-corrected chi connectivity index (χ0v) is 11.5. The Morgan fingerprint density at radius 2 is 1.90 bits per heavy atom. The molecule has 0 spiro atoms. The van der Waals surface area contributed by atoms with E-state index < -0.39 is 17.8 Å². The number of benzene rings is 1. The maximum Gasteiger partial charge on any atom is 0.416 e. The molecule has 1 aromatic heterocycles. The molecule has 0 aliphatic heterocycles. The van der Waals surface area contributed by atoms with E-state index in [0.717, 1.165) is 10.9 Å². The lowest BCUT2D eigenvalue weighted by Crippen LogP contribution is -2.30. The zero-order chi connectivity index (χ0) is 14.6. The number of rotatable bonds is 5. The zero-order valence-electron chi connectivity index (χ0n) is 10.7. The lowest BCUT2D eigenvalue weighted by Gasteiger charge is -2.20. The third kappa shape index (κ3) is 3.59. The Labute approximate surface area is 119 Å². The Bertz CT molecular complexity index is 538. The van der Waals surface area contributed by atoms with Crippen LogP contribution in [0.3, 0.4) is 0 Å². The first-order valence-electron chi connectivity index (χ1n) is 6.17. The summed E-state index contributed by atoms with van der Waals surface area (Å²) in [6.07, 6.45) is -3.16. The molecule has 0 saturated heterocycles. The predicted molar refractivity (Wildman–Crippen MR) is 74.1 cm³/mol. The lowest BCUT2D eigenvalue weighted by molar-refractivity contribution is -0.138. The number of hydrazine groups is 1. The van der Waals surface area contributed by atoms with Gasteiger partial charge in [-0.1, -0.05) is 24.3 Å². The molecule has 20 heavy (non-hydrogen) atoms. The third-order valence-corrected chi connectivity index (χ3v) is 4.04. The predicted octanol–water partition coefficient (Wildman–Crippen LogP) is 3.90. The minimum atomic E-state index is -4.37. The van der Waals surface area contributed by atoms with Crippen LogP contribution < -0.4 is 11.3 Å². The molecule has 3 N–H and O–H groups in total. The van der Waals surface area contributed by atoms with Crippen LogP contribution in [0.4, 0.5) is 13.2 Å². The molecular formula is C14H15F3N2S. The van der Waals surface area contributed by atoms with E-state index in [1.165, 1.54) is 12.1 Å². The maximum atomic E-state index is 13.0. The van der Waals surface area contributed by atoms with Crippen LogP contribution in [0.25, 0.3) is 0 Å². The van der Waals surface area contributed by atoms with Crippen LogP contribution in [0.15, 0.2) is 41.8 Å². The summed E-state index contributed by atoms with van der Waals surface area (Å²) in [5, 5.41) is 1.95. The fourth-order valence-electron chi connectivity index (χ4n) is 2.13. The SMILES string of the molecule is NNC(CCc1cccs1)c1ccccc1C(F)(F)F. The van der Waals surface area contributed by atoms with Crippen molar-refractivity contribution >= 4 is 11.3 Å². The van der Waals surface area contributed by atoms with Gasteiger partial charge in [-0.25, -0.2) is 0 Å². The van der Waals surface area contributed by atoms with E-state index in [9.17, 15) is 13.2 Å². The first-order chi connectivity index (χ1) is 9.52. The summed E-state index contributed by atoms with van der Waals surface area (Å²) in [4.78, 5) is 1.13. The average Bonchev–Trinajstić information content (AvgIpc) is 2.92. The van der Waals surface area contributed by atoms with Crippen molar-refractivity contribution < 1.29 is 13.2 Å². The van der Waals surface area contributed by atoms with Gasteiger partial charge >= 0.3 is 6.18 Å². The Morgan fingerprint density at radius 1 is 1.15 bits per heavy atom. The quantitative estimate of drug-likeness (QED) is 0.649. The Kier molecular flexibility index (Phi) is 4.80. The van der Waals surface area contributed by atoms with Gasteiger partial charge in [-0.15, -0.1) is 11.3 Å². The second kappa shape index (κ2) is 6.39. The van der Waals surface area contributed by atoms with Gasteiger partial charge in [0, 0.05) is 10.9 Å². The van der Waals surface area contributed by atoms with E-state index in [-0.39, 0.29) is 5.56 Å². The molecule has 0 amide bonds. The van der Waals surface area contributed by atoms with Crippen molar-refractivity contribution in [1.82, 2.24) is 5.43 Å². The summed E-state index contributed by atoms with van der Waals surface area (Å²) in [5.41, 5.74) is 2.06. The largest absolute Gasteiger partial charge is 0.416 e. The molecule has 0 bridgehead atoms. The molecule has 1 unspecified atom stereocenters. The molecule has 0 aliphatic carbocycles. The highest BCUT2D eigenvalue weighted by Crippen LogP contribution is 2.35. The highest BCUT2D eigenvalue weighted by molar-refractivity contribution is 7.09. The van der Waals surface area contributed by atoms with E-state index in [4.69, 9.17) is 5.84 Å². The van der Waals surface area contributed by atoms with Crippen LogP contribution in [-0.2, 0) is 12.6 Å². The van der Waals surface area contributed by atoms with Gasteiger partial charge in [-0.3, -0.25) is 11.3 Å². The van der Waals surface area contributed by atoms with E-state index >= 15 is 0 Å². The average molecular weight is 300 g/mol. The Balaban J connectivity index is 2.19. The van der Waals surface area contributed by atoms with Gasteiger partial charge in [0.2, 0.25) is 0 Å². The first-order valence-corrected chi connectivity index (χ1v) is 7.05. The number of nitrogens with two attached hydrogens (primary N) is 1. The van der Waals surface area contributed by atoms with Crippen LogP contribution in [-0.4, -0.2) is 0 Å². The Hall–Kier alpha value is -1.37. The molecule has 6 heteroatoms. The number of halogens is 3. The maximum absolute atomic E-state index is 13.0. The molecule has 2 nitrogen and oxygen atoms in total. The van der Waals surface area contributed by atoms with Gasteiger partial charge < -0.3 is 0 Å². The van der Waals surface area contributed by atoms with Gasteiger partial charge in [0.05, 0.1) is 5.56 Å². The fraction of sp³-hybridized carbons (Fsp3) is 0.286. The van der Waals surface area contributed by atoms with Crippen molar-refractivity contribution in [3.05, 3.63) is 57.8 Å². The van der Waals surface area contributed by atoms with Crippen molar-refractivity contribution in [2.75, 3.05) is 0 Å². The molecule has 0 aliphatic rings. The van der Waals surface area contributed by atoms with Crippen LogP contribution in [0.2, 0.25) is 0 Å². The summed E-state index contributed by atoms with van der Waals surface area (Å²) < 4.78 is 39.0. The van der Waals surface area contributed by atoms with Gasteiger partial charge in [0.1, 0.15) is 0 Å². The highest BCUT2D eigenvalue weighted by Gasteiger charge is 2.34. The van der Waals surface area contributed by atoms with Gasteiger partial charge in [-0.05, 0) is 35.9 Å². The van der Waals surface area contributed by atoms with Crippen LogP contribution in [0.1, 0.15) is 28.5 Å². The summed E-state index contributed by atoms with van der Waals surface area (Å²) in [6.45, 7) is 0. The minimum Gasteiger partial charge on any atom is -0.271 e. The number of hydrogen-bond acceptors (Lipinski definition) is 3. The Morgan fingerprint density at radius 3 is 2.50 bits per heavy atom. The number of aryl methyl sites for hydroxylation is 1. The summed E-state index contributed by atoms with van der Waals surface area (Å²) >= 11 is 1.59. The molecular weight excluding hydrogens is 285 g/mol. The molecule has 0 radical (unpaired) electrons. The molecule has 0 fully saturated rings. The fourth-order valence-corrected chi connectivity index (χ4v) is 2.85. The van der Waals surface area contributed by atoms with E-state index in [1.54, 1.807) is 17.4 Å². The van der Waals surface area contributed by atoms with Gasteiger partial charge in [-0.2, -0.15) is 13.2 Å². The van der Waals surface area contributed by atoms with E-state index in [2.05, 4.69) is 5.43 Å².